The molecular weight excluding hydrogens is 432 g/mol. The zero-order valence-corrected chi connectivity index (χ0v) is 18.5. The lowest BCUT2D eigenvalue weighted by Gasteiger charge is -2.29. The van der Waals surface area contributed by atoms with Crippen molar-refractivity contribution in [3.63, 3.8) is 0 Å². The second-order valence-electron chi connectivity index (χ2n) is 8.70. The van der Waals surface area contributed by atoms with E-state index in [2.05, 4.69) is 28.1 Å². The van der Waals surface area contributed by atoms with Crippen LogP contribution in [0.3, 0.4) is 0 Å². The average molecular weight is 457 g/mol. The lowest BCUT2D eigenvalue weighted by molar-refractivity contribution is 0.0276. The maximum Gasteiger partial charge on any atom is 0.410 e. The van der Waals surface area contributed by atoms with Gasteiger partial charge in [-0.2, -0.15) is 0 Å². The highest BCUT2D eigenvalue weighted by Gasteiger charge is 2.44. The highest BCUT2D eigenvalue weighted by Crippen LogP contribution is 2.37. The third kappa shape index (κ3) is 4.04. The number of hydrogen-bond acceptors (Lipinski definition) is 3. The van der Waals surface area contributed by atoms with Crippen molar-refractivity contribution in [1.82, 2.24) is 9.80 Å². The number of fused-ring (bicyclic) bond motifs is 1. The van der Waals surface area contributed by atoms with E-state index in [-0.39, 0.29) is 24.0 Å². The predicted molar refractivity (Wildman–Crippen MR) is 115 cm³/mol. The molecule has 1 fully saturated rings. The smallest absolute Gasteiger partial charge is 0.410 e. The maximum absolute atomic E-state index is 13.2. The largest absolute Gasteiger partial charge is 0.444 e. The second kappa shape index (κ2) is 7.48. The van der Waals surface area contributed by atoms with Crippen LogP contribution in [0.4, 0.5) is 4.79 Å². The summed E-state index contributed by atoms with van der Waals surface area (Å²) in [6.07, 6.45) is -0.326. The van der Waals surface area contributed by atoms with Gasteiger partial charge < -0.3 is 14.5 Å². The molecule has 6 heteroatoms. The van der Waals surface area contributed by atoms with Gasteiger partial charge in [0.1, 0.15) is 5.60 Å². The summed E-state index contributed by atoms with van der Waals surface area (Å²) in [4.78, 5) is 29.6. The van der Waals surface area contributed by atoms with E-state index in [0.29, 0.717) is 19.6 Å². The van der Waals surface area contributed by atoms with Gasteiger partial charge in [-0.25, -0.2) is 4.79 Å². The van der Waals surface area contributed by atoms with Crippen LogP contribution in [-0.2, 0) is 11.3 Å². The van der Waals surface area contributed by atoms with E-state index >= 15 is 0 Å². The van der Waals surface area contributed by atoms with Crippen LogP contribution >= 0.6 is 15.9 Å². The molecule has 152 valence electrons. The van der Waals surface area contributed by atoms with Gasteiger partial charge in [0.25, 0.3) is 5.91 Å². The molecule has 2 unspecified atom stereocenters. The number of amides is 2. The van der Waals surface area contributed by atoms with Crippen molar-refractivity contribution < 1.29 is 14.3 Å². The van der Waals surface area contributed by atoms with Gasteiger partial charge in [-0.05, 0) is 44.0 Å². The van der Waals surface area contributed by atoms with Gasteiger partial charge in [-0.1, -0.05) is 52.3 Å². The molecule has 29 heavy (non-hydrogen) atoms. The summed E-state index contributed by atoms with van der Waals surface area (Å²) < 4.78 is 6.49. The summed E-state index contributed by atoms with van der Waals surface area (Å²) >= 11 is 3.46. The maximum atomic E-state index is 13.2. The third-order valence-corrected chi connectivity index (χ3v) is 5.97. The molecule has 2 aromatic rings. The van der Waals surface area contributed by atoms with Crippen LogP contribution in [0.2, 0.25) is 0 Å². The standard InChI is InChI=1S/C23H25BrN2O3/c1-23(2,3)29-22(28)25-13-19(15-7-5-4-6-8-15)20(14-25)26-12-16-9-10-17(24)11-18(16)21(26)27/h4-11,19-20H,12-14H2,1-3H3. The SMILES string of the molecule is CC(C)(C)OC(=O)N1CC(c2ccccc2)C(N2Cc3ccc(Br)cc3C2=O)C1. The zero-order chi connectivity index (χ0) is 20.8. The number of hydrogen-bond donors (Lipinski definition) is 0. The first kappa shape index (κ1) is 20.0. The molecule has 2 heterocycles. The lowest BCUT2D eigenvalue weighted by Crippen LogP contribution is -2.41. The first-order chi connectivity index (χ1) is 13.7. The second-order valence-corrected chi connectivity index (χ2v) is 9.62. The first-order valence-corrected chi connectivity index (χ1v) is 10.6. The summed E-state index contributed by atoms with van der Waals surface area (Å²) in [5.74, 6) is 0.0729. The van der Waals surface area contributed by atoms with Crippen LogP contribution in [0.25, 0.3) is 0 Å². The average Bonchev–Trinajstić information content (AvgIpc) is 3.23. The van der Waals surface area contributed by atoms with Crippen LogP contribution in [0.5, 0.6) is 0 Å². The Labute approximate surface area is 179 Å². The van der Waals surface area contributed by atoms with Crippen molar-refractivity contribution in [3.05, 3.63) is 69.7 Å². The normalized spacial score (nSPS) is 21.4. The molecule has 4 rings (SSSR count). The van der Waals surface area contributed by atoms with Crippen LogP contribution in [0, 0.1) is 0 Å². The minimum Gasteiger partial charge on any atom is -0.444 e. The molecule has 0 aromatic heterocycles. The van der Waals surface area contributed by atoms with E-state index in [9.17, 15) is 9.59 Å². The fourth-order valence-corrected chi connectivity index (χ4v) is 4.53. The van der Waals surface area contributed by atoms with E-state index in [1.807, 2.05) is 62.1 Å². The monoisotopic (exact) mass is 456 g/mol. The molecule has 0 aliphatic carbocycles. The van der Waals surface area contributed by atoms with Crippen LogP contribution in [0.15, 0.2) is 53.0 Å². The topological polar surface area (TPSA) is 49.9 Å². The number of likely N-dealkylation sites (tertiary alicyclic amines) is 1. The lowest BCUT2D eigenvalue weighted by atomic mass is 9.93. The highest BCUT2D eigenvalue weighted by atomic mass is 79.9. The molecule has 2 amide bonds. The van der Waals surface area contributed by atoms with Gasteiger partial charge >= 0.3 is 6.09 Å². The van der Waals surface area contributed by atoms with E-state index in [0.717, 1.165) is 21.2 Å². The third-order valence-electron chi connectivity index (χ3n) is 5.47. The summed E-state index contributed by atoms with van der Waals surface area (Å²) in [6, 6.07) is 15.9. The van der Waals surface area contributed by atoms with Crippen molar-refractivity contribution in [3.8, 4) is 0 Å². The van der Waals surface area contributed by atoms with Gasteiger partial charge in [-0.3, -0.25) is 4.79 Å². The highest BCUT2D eigenvalue weighted by molar-refractivity contribution is 9.10. The molecule has 1 saturated heterocycles. The van der Waals surface area contributed by atoms with E-state index in [1.54, 1.807) is 4.90 Å². The quantitative estimate of drug-likeness (QED) is 0.651. The molecule has 2 aliphatic rings. The van der Waals surface area contributed by atoms with Crippen molar-refractivity contribution in [2.75, 3.05) is 13.1 Å². The Morgan fingerprint density at radius 3 is 2.52 bits per heavy atom. The number of carbonyl (C=O) groups is 2. The Morgan fingerprint density at radius 2 is 1.83 bits per heavy atom. The number of ether oxygens (including phenoxy) is 1. The van der Waals surface area contributed by atoms with Gasteiger partial charge in [-0.15, -0.1) is 0 Å². The van der Waals surface area contributed by atoms with E-state index in [1.165, 1.54) is 0 Å². The molecule has 5 nitrogen and oxygen atoms in total. The fraction of sp³-hybridized carbons (Fsp3) is 0.391. The summed E-state index contributed by atoms with van der Waals surface area (Å²) in [7, 11) is 0. The van der Waals surface area contributed by atoms with E-state index in [4.69, 9.17) is 4.74 Å². The Bertz CT molecular complexity index is 939. The Morgan fingerprint density at radius 1 is 1.10 bits per heavy atom. The molecule has 0 radical (unpaired) electrons. The molecule has 2 aromatic carbocycles. The molecule has 0 saturated carbocycles. The fourth-order valence-electron chi connectivity index (χ4n) is 4.17. The number of halogens is 1. The van der Waals surface area contributed by atoms with Gasteiger partial charge in [0.2, 0.25) is 0 Å². The summed E-state index contributed by atoms with van der Waals surface area (Å²) in [5, 5.41) is 0. The Hall–Kier alpha value is -2.34. The summed E-state index contributed by atoms with van der Waals surface area (Å²) in [5.41, 5.74) is 2.35. The molecule has 0 bridgehead atoms. The van der Waals surface area contributed by atoms with Gasteiger partial charge in [0, 0.05) is 35.6 Å². The number of nitrogens with zero attached hydrogens (tertiary/aromatic N) is 2. The summed E-state index contributed by atoms with van der Waals surface area (Å²) in [6.45, 7) is 7.17. The number of rotatable bonds is 2. The predicted octanol–water partition coefficient (Wildman–Crippen LogP) is 4.81. The number of benzene rings is 2. The van der Waals surface area contributed by atoms with Gasteiger partial charge in [0.15, 0.2) is 0 Å². The van der Waals surface area contributed by atoms with Crippen molar-refractivity contribution in [1.29, 1.82) is 0 Å². The molecular formula is C23H25BrN2O3. The molecule has 0 N–H and O–H groups in total. The Balaban J connectivity index is 1.63. The molecule has 2 atom stereocenters. The molecule has 0 spiro atoms. The number of carbonyl (C=O) groups excluding carboxylic acids is 2. The Kier molecular flexibility index (Phi) is 5.15. The minimum absolute atomic E-state index is 0.0262. The van der Waals surface area contributed by atoms with Crippen LogP contribution in [-0.4, -0.2) is 46.5 Å². The molecule has 2 aliphatic heterocycles. The minimum atomic E-state index is -0.552. The zero-order valence-electron chi connectivity index (χ0n) is 16.9. The van der Waals surface area contributed by atoms with Crippen molar-refractivity contribution >= 4 is 27.9 Å². The van der Waals surface area contributed by atoms with Crippen molar-refractivity contribution in [2.24, 2.45) is 0 Å². The van der Waals surface area contributed by atoms with Crippen LogP contribution in [0.1, 0.15) is 48.2 Å². The first-order valence-electron chi connectivity index (χ1n) is 9.85. The van der Waals surface area contributed by atoms with Crippen LogP contribution < -0.4 is 0 Å². The van der Waals surface area contributed by atoms with Gasteiger partial charge in [0.05, 0.1) is 6.04 Å². The van der Waals surface area contributed by atoms with Crippen molar-refractivity contribution in [2.45, 2.75) is 44.9 Å². The van der Waals surface area contributed by atoms with E-state index < -0.39 is 5.60 Å².